The van der Waals surface area contributed by atoms with Crippen LogP contribution in [0.15, 0.2) is 24.3 Å². The largest absolute Gasteiger partial charge is 0.313 e. The van der Waals surface area contributed by atoms with Crippen molar-refractivity contribution in [3.63, 3.8) is 0 Å². The van der Waals surface area contributed by atoms with Gasteiger partial charge in [-0.05, 0) is 49.8 Å². The molecule has 4 nitrogen and oxygen atoms in total. The predicted octanol–water partition coefficient (Wildman–Crippen LogP) is 1.61. The molecule has 0 amide bonds. The van der Waals surface area contributed by atoms with Gasteiger partial charge in [-0.1, -0.05) is 30.7 Å². The number of nitrogens with one attached hydrogen (secondary N) is 2. The van der Waals surface area contributed by atoms with Gasteiger partial charge in [-0.2, -0.15) is 0 Å². The van der Waals surface area contributed by atoms with Crippen molar-refractivity contribution >= 4 is 10.0 Å². The van der Waals surface area contributed by atoms with Crippen LogP contribution >= 0.6 is 0 Å². The Morgan fingerprint density at radius 3 is 2.71 bits per heavy atom. The van der Waals surface area contributed by atoms with Crippen LogP contribution < -0.4 is 10.0 Å². The Balaban J connectivity index is 1.58. The first-order chi connectivity index (χ1) is 10.1. The quantitative estimate of drug-likeness (QED) is 0.888. The minimum atomic E-state index is -3.20. The Bertz CT molecular complexity index is 580. The first-order valence-electron chi connectivity index (χ1n) is 7.92. The number of fused-ring (bicyclic) bond motifs is 1. The molecular formula is C16H24N2O2S. The molecule has 0 aromatic heterocycles. The molecule has 1 heterocycles. The van der Waals surface area contributed by atoms with Gasteiger partial charge in [0.15, 0.2) is 0 Å². The normalized spacial score (nSPS) is 26.3. The van der Waals surface area contributed by atoms with Crippen LogP contribution in [-0.2, 0) is 22.9 Å². The van der Waals surface area contributed by atoms with E-state index in [1.165, 1.54) is 11.1 Å². The molecule has 5 heteroatoms. The predicted molar refractivity (Wildman–Crippen MR) is 84.8 cm³/mol. The van der Waals surface area contributed by atoms with Crippen LogP contribution in [0.25, 0.3) is 0 Å². The minimum Gasteiger partial charge on any atom is -0.313 e. The monoisotopic (exact) mass is 308 g/mol. The van der Waals surface area contributed by atoms with Gasteiger partial charge in [0.05, 0.1) is 5.75 Å². The van der Waals surface area contributed by atoms with E-state index in [0.29, 0.717) is 0 Å². The van der Waals surface area contributed by atoms with Crippen molar-refractivity contribution in [1.82, 2.24) is 10.0 Å². The van der Waals surface area contributed by atoms with E-state index in [-0.39, 0.29) is 17.8 Å². The van der Waals surface area contributed by atoms with Crippen LogP contribution in [0.1, 0.15) is 36.8 Å². The molecule has 1 aromatic carbocycles. The molecular weight excluding hydrogens is 284 g/mol. The first-order valence-corrected chi connectivity index (χ1v) is 9.58. The van der Waals surface area contributed by atoms with E-state index in [1.807, 2.05) is 6.07 Å². The van der Waals surface area contributed by atoms with Crippen molar-refractivity contribution in [2.45, 2.75) is 50.6 Å². The van der Waals surface area contributed by atoms with E-state index in [4.69, 9.17) is 0 Å². The third kappa shape index (κ3) is 4.05. The van der Waals surface area contributed by atoms with Crippen LogP contribution in [0.5, 0.6) is 0 Å². The number of piperidine rings is 1. The average Bonchev–Trinajstić information content (AvgIpc) is 2.47. The Labute approximate surface area is 127 Å². The molecule has 1 aliphatic heterocycles. The summed E-state index contributed by atoms with van der Waals surface area (Å²) in [6.45, 7) is 0.941. The van der Waals surface area contributed by atoms with Gasteiger partial charge in [-0.15, -0.1) is 0 Å². The highest BCUT2D eigenvalue weighted by molar-refractivity contribution is 7.89. The lowest BCUT2D eigenvalue weighted by Crippen LogP contribution is -2.46. The zero-order chi connectivity index (χ0) is 14.7. The Hall–Kier alpha value is -0.910. The maximum Gasteiger partial charge on any atom is 0.213 e. The SMILES string of the molecule is O=S(=O)(CC1CCCCN1)NC1CCc2ccccc2C1. The van der Waals surface area contributed by atoms with Crippen molar-refractivity contribution in [3.05, 3.63) is 35.4 Å². The molecule has 0 radical (unpaired) electrons. The lowest BCUT2D eigenvalue weighted by Gasteiger charge is -2.27. The molecule has 2 unspecified atom stereocenters. The number of hydrogen-bond donors (Lipinski definition) is 2. The first kappa shape index (κ1) is 15.0. The number of sulfonamides is 1. The summed E-state index contributed by atoms with van der Waals surface area (Å²) >= 11 is 0. The molecule has 0 bridgehead atoms. The fraction of sp³-hybridized carbons (Fsp3) is 0.625. The Morgan fingerprint density at radius 2 is 1.95 bits per heavy atom. The molecule has 1 fully saturated rings. The van der Waals surface area contributed by atoms with Crippen LogP contribution in [0.4, 0.5) is 0 Å². The lowest BCUT2D eigenvalue weighted by atomic mass is 9.89. The third-order valence-corrected chi connectivity index (χ3v) is 6.06. The number of hydrogen-bond acceptors (Lipinski definition) is 3. The van der Waals surface area contributed by atoms with E-state index in [9.17, 15) is 8.42 Å². The maximum atomic E-state index is 12.3. The minimum absolute atomic E-state index is 0.0495. The van der Waals surface area contributed by atoms with Gasteiger partial charge in [0, 0.05) is 12.1 Å². The summed E-state index contributed by atoms with van der Waals surface area (Å²) in [7, 11) is -3.20. The van der Waals surface area contributed by atoms with E-state index in [2.05, 4.69) is 28.2 Å². The molecule has 2 N–H and O–H groups in total. The zero-order valence-corrected chi connectivity index (χ0v) is 13.2. The summed E-state index contributed by atoms with van der Waals surface area (Å²) in [5.74, 6) is 0.213. The van der Waals surface area contributed by atoms with Crippen molar-refractivity contribution < 1.29 is 8.42 Å². The van der Waals surface area contributed by atoms with Crippen molar-refractivity contribution in [3.8, 4) is 0 Å². The molecule has 3 rings (SSSR count). The second kappa shape index (κ2) is 6.46. The highest BCUT2D eigenvalue weighted by Gasteiger charge is 2.26. The van der Waals surface area contributed by atoms with E-state index < -0.39 is 10.0 Å². The molecule has 0 spiro atoms. The summed E-state index contributed by atoms with van der Waals surface area (Å²) in [6.07, 6.45) is 5.93. The fourth-order valence-electron chi connectivity index (χ4n) is 3.43. The summed E-state index contributed by atoms with van der Waals surface area (Å²) in [5, 5.41) is 3.31. The van der Waals surface area contributed by atoms with Crippen LogP contribution in [0, 0.1) is 0 Å². The molecule has 116 valence electrons. The van der Waals surface area contributed by atoms with Gasteiger partial charge in [-0.25, -0.2) is 13.1 Å². The van der Waals surface area contributed by atoms with E-state index >= 15 is 0 Å². The number of benzene rings is 1. The molecule has 2 aliphatic rings. The molecule has 21 heavy (non-hydrogen) atoms. The van der Waals surface area contributed by atoms with Crippen molar-refractivity contribution in [2.24, 2.45) is 0 Å². The summed E-state index contributed by atoms with van der Waals surface area (Å²) in [5.41, 5.74) is 2.65. The molecule has 2 atom stereocenters. The van der Waals surface area contributed by atoms with Gasteiger partial charge in [0.1, 0.15) is 0 Å². The third-order valence-electron chi connectivity index (χ3n) is 4.53. The standard InChI is InChI=1S/C16H24N2O2S/c19-21(20,12-16-7-3-4-10-17-16)18-15-9-8-13-5-1-2-6-14(13)11-15/h1-2,5-6,15-18H,3-4,7-12H2. The zero-order valence-electron chi connectivity index (χ0n) is 12.3. The van der Waals surface area contributed by atoms with Crippen LogP contribution in [0.3, 0.4) is 0 Å². The van der Waals surface area contributed by atoms with E-state index in [1.54, 1.807) is 0 Å². The summed E-state index contributed by atoms with van der Waals surface area (Å²) in [6, 6.07) is 8.50. The van der Waals surface area contributed by atoms with Crippen molar-refractivity contribution in [2.75, 3.05) is 12.3 Å². The molecule has 1 aliphatic carbocycles. The highest BCUT2D eigenvalue weighted by Crippen LogP contribution is 2.21. The van der Waals surface area contributed by atoms with E-state index in [0.717, 1.165) is 45.1 Å². The maximum absolute atomic E-state index is 12.3. The van der Waals surface area contributed by atoms with Crippen LogP contribution in [0.2, 0.25) is 0 Å². The van der Waals surface area contributed by atoms with Gasteiger partial charge in [-0.3, -0.25) is 0 Å². The number of rotatable bonds is 4. The van der Waals surface area contributed by atoms with Crippen LogP contribution in [-0.4, -0.2) is 32.8 Å². The van der Waals surface area contributed by atoms with Gasteiger partial charge < -0.3 is 5.32 Å². The Morgan fingerprint density at radius 1 is 1.14 bits per heavy atom. The van der Waals surface area contributed by atoms with Gasteiger partial charge in [0.25, 0.3) is 0 Å². The molecule has 1 saturated heterocycles. The second-order valence-electron chi connectivity index (χ2n) is 6.25. The summed E-state index contributed by atoms with van der Waals surface area (Å²) in [4.78, 5) is 0. The second-order valence-corrected chi connectivity index (χ2v) is 8.05. The van der Waals surface area contributed by atoms with Crippen molar-refractivity contribution in [1.29, 1.82) is 0 Å². The fourth-order valence-corrected chi connectivity index (χ4v) is 5.05. The smallest absolute Gasteiger partial charge is 0.213 e. The topological polar surface area (TPSA) is 58.2 Å². The lowest BCUT2D eigenvalue weighted by molar-refractivity contribution is 0.419. The van der Waals surface area contributed by atoms with Gasteiger partial charge >= 0.3 is 0 Å². The molecule has 1 aromatic rings. The number of aryl methyl sites for hydroxylation is 1. The average molecular weight is 308 g/mol. The van der Waals surface area contributed by atoms with Gasteiger partial charge in [0.2, 0.25) is 10.0 Å². The highest BCUT2D eigenvalue weighted by atomic mass is 32.2. The molecule has 0 saturated carbocycles. The Kier molecular flexibility index (Phi) is 4.62. The summed E-state index contributed by atoms with van der Waals surface area (Å²) < 4.78 is 27.6.